The lowest BCUT2D eigenvalue weighted by atomic mass is 10.1. The van der Waals surface area contributed by atoms with Gasteiger partial charge in [-0.1, -0.05) is 37.3 Å². The number of nitrogens with one attached hydrogen (secondary N) is 1. The third-order valence-electron chi connectivity index (χ3n) is 4.04. The highest BCUT2D eigenvalue weighted by molar-refractivity contribution is 7.92. The average molecular weight is 378 g/mol. The quantitative estimate of drug-likeness (QED) is 0.806. The molecule has 0 aliphatic heterocycles. The first-order valence-electron chi connectivity index (χ1n) is 8.29. The van der Waals surface area contributed by atoms with Crippen molar-refractivity contribution in [1.29, 1.82) is 0 Å². The van der Waals surface area contributed by atoms with Gasteiger partial charge >= 0.3 is 0 Å². The minimum absolute atomic E-state index is 0.200. The van der Waals surface area contributed by atoms with E-state index in [4.69, 9.17) is 0 Å². The Hall–Kier alpha value is -2.41. The molecule has 1 amide bonds. The van der Waals surface area contributed by atoms with Crippen LogP contribution in [0.4, 0.5) is 10.1 Å². The number of amides is 1. The van der Waals surface area contributed by atoms with Gasteiger partial charge in [0.25, 0.3) is 0 Å². The Morgan fingerprint density at radius 3 is 2.38 bits per heavy atom. The molecular weight excluding hydrogens is 355 g/mol. The Morgan fingerprint density at radius 2 is 1.81 bits per heavy atom. The molecule has 7 heteroatoms. The van der Waals surface area contributed by atoms with Gasteiger partial charge in [0.1, 0.15) is 12.4 Å². The van der Waals surface area contributed by atoms with Crippen molar-refractivity contribution >= 4 is 21.6 Å². The number of nitrogens with zero attached hydrogens (tertiary/aromatic N) is 1. The standard InChI is InChI=1S/C19H23FN2O3S/c1-4-16-7-5-6-14(2)19(16)22(26(3,24)25)13-18(23)21-12-15-8-10-17(20)11-9-15/h5-11H,4,12-13H2,1-3H3,(H,21,23). The van der Waals surface area contributed by atoms with Gasteiger partial charge in [0.05, 0.1) is 11.9 Å². The van der Waals surface area contributed by atoms with E-state index in [0.29, 0.717) is 12.1 Å². The first kappa shape index (κ1) is 19.9. The first-order valence-corrected chi connectivity index (χ1v) is 10.1. The molecule has 0 saturated heterocycles. The molecule has 2 aromatic carbocycles. The summed E-state index contributed by atoms with van der Waals surface area (Å²) in [6.45, 7) is 3.65. The number of aryl methyl sites for hydroxylation is 2. The summed E-state index contributed by atoms with van der Waals surface area (Å²) >= 11 is 0. The molecule has 0 aliphatic carbocycles. The van der Waals surface area contributed by atoms with Crippen LogP contribution in [-0.2, 0) is 27.8 Å². The predicted octanol–water partition coefficient (Wildman–Crippen LogP) is 2.78. The SMILES string of the molecule is CCc1cccc(C)c1N(CC(=O)NCc1ccc(F)cc1)S(C)(=O)=O. The zero-order valence-electron chi connectivity index (χ0n) is 15.1. The number of hydrogen-bond acceptors (Lipinski definition) is 3. The summed E-state index contributed by atoms with van der Waals surface area (Å²) in [6, 6.07) is 11.3. The highest BCUT2D eigenvalue weighted by Gasteiger charge is 2.24. The van der Waals surface area contributed by atoms with E-state index in [1.54, 1.807) is 12.1 Å². The number of hydrogen-bond donors (Lipinski definition) is 1. The van der Waals surface area contributed by atoms with E-state index in [2.05, 4.69) is 5.32 Å². The van der Waals surface area contributed by atoms with Crippen LogP contribution >= 0.6 is 0 Å². The molecule has 140 valence electrons. The first-order chi connectivity index (χ1) is 12.2. The van der Waals surface area contributed by atoms with E-state index in [1.807, 2.05) is 32.0 Å². The van der Waals surface area contributed by atoms with Gasteiger partial charge in [0, 0.05) is 6.54 Å². The highest BCUT2D eigenvalue weighted by atomic mass is 32.2. The Bertz CT molecular complexity index is 880. The van der Waals surface area contributed by atoms with Crippen LogP contribution in [0, 0.1) is 12.7 Å². The lowest BCUT2D eigenvalue weighted by Crippen LogP contribution is -2.41. The van der Waals surface area contributed by atoms with Crippen LogP contribution in [0.25, 0.3) is 0 Å². The fourth-order valence-corrected chi connectivity index (χ4v) is 3.66. The molecule has 0 aromatic heterocycles. The van der Waals surface area contributed by atoms with Crippen LogP contribution in [-0.4, -0.2) is 27.1 Å². The summed E-state index contributed by atoms with van der Waals surface area (Å²) in [7, 11) is -3.63. The van der Waals surface area contributed by atoms with Crippen LogP contribution < -0.4 is 9.62 Å². The Morgan fingerprint density at radius 1 is 1.15 bits per heavy atom. The second kappa shape index (κ2) is 8.31. The minimum Gasteiger partial charge on any atom is -0.350 e. The highest BCUT2D eigenvalue weighted by Crippen LogP contribution is 2.27. The van der Waals surface area contributed by atoms with Gasteiger partial charge < -0.3 is 5.32 Å². The lowest BCUT2D eigenvalue weighted by Gasteiger charge is -2.26. The molecule has 0 fully saturated rings. The number of carbonyl (C=O) groups is 1. The summed E-state index contributed by atoms with van der Waals surface area (Å²) < 4.78 is 38.7. The van der Waals surface area contributed by atoms with Gasteiger partial charge in [-0.15, -0.1) is 0 Å². The molecule has 1 N–H and O–H groups in total. The topological polar surface area (TPSA) is 66.5 Å². The normalized spacial score (nSPS) is 11.2. The van der Waals surface area contributed by atoms with Crippen molar-refractivity contribution in [3.8, 4) is 0 Å². The predicted molar refractivity (Wildman–Crippen MR) is 101 cm³/mol. The van der Waals surface area contributed by atoms with E-state index in [-0.39, 0.29) is 18.9 Å². The van der Waals surface area contributed by atoms with Crippen molar-refractivity contribution in [2.75, 3.05) is 17.1 Å². The second-order valence-corrected chi connectivity index (χ2v) is 8.02. The number of halogens is 1. The zero-order valence-corrected chi connectivity index (χ0v) is 15.9. The summed E-state index contributed by atoms with van der Waals surface area (Å²) in [5.74, 6) is -0.778. The number of carbonyl (C=O) groups excluding carboxylic acids is 1. The van der Waals surface area contributed by atoms with E-state index >= 15 is 0 Å². The smallest absolute Gasteiger partial charge is 0.241 e. The van der Waals surface area contributed by atoms with Crippen LogP contribution in [0.1, 0.15) is 23.6 Å². The number of sulfonamides is 1. The fraction of sp³-hybridized carbons (Fsp3) is 0.316. The molecule has 26 heavy (non-hydrogen) atoms. The molecule has 0 atom stereocenters. The van der Waals surface area contributed by atoms with Crippen molar-refractivity contribution in [3.05, 3.63) is 65.0 Å². The maximum Gasteiger partial charge on any atom is 0.241 e. The molecule has 0 bridgehead atoms. The number of rotatable bonds is 7. The molecule has 0 heterocycles. The van der Waals surface area contributed by atoms with Gasteiger partial charge in [0.2, 0.25) is 15.9 Å². The van der Waals surface area contributed by atoms with Crippen molar-refractivity contribution in [3.63, 3.8) is 0 Å². The number of para-hydroxylation sites is 1. The lowest BCUT2D eigenvalue weighted by molar-refractivity contribution is -0.119. The van der Waals surface area contributed by atoms with Gasteiger partial charge in [-0.25, -0.2) is 12.8 Å². The Labute approximate surface area is 153 Å². The van der Waals surface area contributed by atoms with E-state index < -0.39 is 15.9 Å². The average Bonchev–Trinajstić information content (AvgIpc) is 2.58. The van der Waals surface area contributed by atoms with E-state index in [9.17, 15) is 17.6 Å². The molecule has 0 spiro atoms. The van der Waals surface area contributed by atoms with Crippen molar-refractivity contribution < 1.29 is 17.6 Å². The molecule has 0 saturated carbocycles. The van der Waals surface area contributed by atoms with E-state index in [1.165, 1.54) is 12.1 Å². The molecule has 2 aromatic rings. The Kier molecular flexibility index (Phi) is 6.37. The maximum absolute atomic E-state index is 12.9. The van der Waals surface area contributed by atoms with Crippen molar-refractivity contribution in [2.45, 2.75) is 26.8 Å². The summed E-state index contributed by atoms with van der Waals surface area (Å²) in [6.07, 6.45) is 1.74. The second-order valence-electron chi connectivity index (χ2n) is 6.11. The fourth-order valence-electron chi connectivity index (χ4n) is 2.71. The molecule has 2 rings (SSSR count). The van der Waals surface area contributed by atoms with Gasteiger partial charge in [0.15, 0.2) is 0 Å². The van der Waals surface area contributed by atoms with Gasteiger partial charge in [-0.3, -0.25) is 9.10 Å². The summed E-state index contributed by atoms with van der Waals surface area (Å²) in [5.41, 5.74) is 2.94. The van der Waals surface area contributed by atoms with Crippen LogP contribution in [0.15, 0.2) is 42.5 Å². The van der Waals surface area contributed by atoms with Crippen molar-refractivity contribution in [2.24, 2.45) is 0 Å². The third kappa shape index (κ3) is 5.05. The van der Waals surface area contributed by atoms with Gasteiger partial charge in [-0.05, 0) is 42.2 Å². The summed E-state index contributed by atoms with van der Waals surface area (Å²) in [4.78, 5) is 12.3. The zero-order chi connectivity index (χ0) is 19.3. The van der Waals surface area contributed by atoms with Crippen LogP contribution in [0.3, 0.4) is 0 Å². The van der Waals surface area contributed by atoms with Gasteiger partial charge in [-0.2, -0.15) is 0 Å². The molecule has 0 radical (unpaired) electrons. The summed E-state index contributed by atoms with van der Waals surface area (Å²) in [5, 5.41) is 2.68. The minimum atomic E-state index is -3.63. The number of anilines is 1. The van der Waals surface area contributed by atoms with E-state index in [0.717, 1.165) is 27.3 Å². The van der Waals surface area contributed by atoms with Crippen LogP contribution in [0.2, 0.25) is 0 Å². The number of benzene rings is 2. The third-order valence-corrected chi connectivity index (χ3v) is 5.15. The molecule has 0 unspecified atom stereocenters. The Balaban J connectivity index is 2.19. The maximum atomic E-state index is 12.9. The molecular formula is C19H23FN2O3S. The molecule has 0 aliphatic rings. The van der Waals surface area contributed by atoms with Crippen molar-refractivity contribution in [1.82, 2.24) is 5.32 Å². The molecule has 5 nitrogen and oxygen atoms in total. The monoisotopic (exact) mass is 378 g/mol. The largest absolute Gasteiger partial charge is 0.350 e. The van der Waals surface area contributed by atoms with Crippen LogP contribution in [0.5, 0.6) is 0 Å².